The van der Waals surface area contributed by atoms with E-state index in [1.807, 2.05) is 24.3 Å². The lowest BCUT2D eigenvalue weighted by Crippen LogP contribution is -2.48. The molecule has 1 aliphatic heterocycles. The second-order valence-electron chi connectivity index (χ2n) is 6.86. The highest BCUT2D eigenvalue weighted by atomic mass is 16.4. The van der Waals surface area contributed by atoms with Gasteiger partial charge in [-0.15, -0.1) is 0 Å². The third-order valence-electron chi connectivity index (χ3n) is 5.06. The Bertz CT molecular complexity index is 702. The van der Waals surface area contributed by atoms with Crippen LogP contribution in [0.4, 0.5) is 0 Å². The lowest BCUT2D eigenvalue weighted by atomic mass is 9.74. The van der Waals surface area contributed by atoms with Crippen molar-refractivity contribution in [2.45, 2.75) is 32.7 Å². The highest BCUT2D eigenvalue weighted by Gasteiger charge is 2.42. The van der Waals surface area contributed by atoms with Crippen LogP contribution in [0, 0.1) is 12.3 Å². The number of likely N-dealkylation sites (tertiary alicyclic amines) is 1. The number of benzene rings is 1. The first-order valence-electron chi connectivity index (χ1n) is 8.48. The van der Waals surface area contributed by atoms with Crippen molar-refractivity contribution >= 4 is 5.97 Å². The summed E-state index contributed by atoms with van der Waals surface area (Å²) in [5.74, 6) is -0.676. The monoisotopic (exact) mass is 324 g/mol. The van der Waals surface area contributed by atoms with Gasteiger partial charge in [0.2, 0.25) is 0 Å². The van der Waals surface area contributed by atoms with Crippen molar-refractivity contribution < 1.29 is 9.90 Å². The smallest absolute Gasteiger partial charge is 0.311 e. The molecule has 4 heteroatoms. The zero-order valence-electron chi connectivity index (χ0n) is 14.1. The first kappa shape index (κ1) is 16.7. The summed E-state index contributed by atoms with van der Waals surface area (Å²) < 4.78 is 0. The molecule has 1 aromatic heterocycles. The molecule has 3 rings (SSSR count). The Morgan fingerprint density at radius 2 is 2.00 bits per heavy atom. The Hall–Kier alpha value is -2.20. The Kier molecular flexibility index (Phi) is 4.95. The Labute approximate surface area is 143 Å². The number of carboxylic acid groups (broad SMARTS) is 1. The molecule has 1 fully saturated rings. The van der Waals surface area contributed by atoms with E-state index in [1.54, 1.807) is 12.4 Å². The molecule has 0 unspecified atom stereocenters. The number of aromatic nitrogens is 1. The molecule has 2 heterocycles. The first-order valence-corrected chi connectivity index (χ1v) is 8.48. The fourth-order valence-electron chi connectivity index (χ4n) is 3.68. The largest absolute Gasteiger partial charge is 0.481 e. The lowest BCUT2D eigenvalue weighted by Gasteiger charge is -2.40. The van der Waals surface area contributed by atoms with Crippen molar-refractivity contribution in [3.63, 3.8) is 0 Å². The van der Waals surface area contributed by atoms with Gasteiger partial charge in [0, 0.05) is 25.5 Å². The van der Waals surface area contributed by atoms with E-state index in [-0.39, 0.29) is 0 Å². The van der Waals surface area contributed by atoms with Crippen molar-refractivity contribution in [1.29, 1.82) is 0 Å². The standard InChI is InChI=1S/C20H24N2O2/c1-16-5-2-3-6-18(16)13-20(19(23)24)9-4-12-22(15-20)14-17-7-10-21-11-8-17/h2-3,5-8,10-11H,4,9,12-15H2,1H3,(H,23,24)/t20-/m0/s1. The van der Waals surface area contributed by atoms with Gasteiger partial charge in [-0.2, -0.15) is 0 Å². The fraction of sp³-hybridized carbons (Fsp3) is 0.400. The fourth-order valence-corrected chi connectivity index (χ4v) is 3.68. The van der Waals surface area contributed by atoms with E-state index in [9.17, 15) is 9.90 Å². The van der Waals surface area contributed by atoms with E-state index in [0.717, 1.165) is 31.5 Å². The van der Waals surface area contributed by atoms with Gasteiger partial charge in [0.1, 0.15) is 0 Å². The van der Waals surface area contributed by atoms with Gasteiger partial charge in [-0.1, -0.05) is 24.3 Å². The zero-order valence-corrected chi connectivity index (χ0v) is 14.1. The Balaban J connectivity index is 1.79. The summed E-state index contributed by atoms with van der Waals surface area (Å²) in [5, 5.41) is 9.99. The Morgan fingerprint density at radius 1 is 1.25 bits per heavy atom. The van der Waals surface area contributed by atoms with Crippen molar-refractivity contribution in [1.82, 2.24) is 9.88 Å². The second-order valence-corrected chi connectivity index (χ2v) is 6.86. The molecule has 24 heavy (non-hydrogen) atoms. The normalized spacial score (nSPS) is 21.5. The average molecular weight is 324 g/mol. The van der Waals surface area contributed by atoms with Crippen molar-refractivity contribution in [3.8, 4) is 0 Å². The summed E-state index contributed by atoms with van der Waals surface area (Å²) in [7, 11) is 0. The predicted molar refractivity (Wildman–Crippen MR) is 93.7 cm³/mol. The van der Waals surface area contributed by atoms with E-state index in [2.05, 4.69) is 28.9 Å². The van der Waals surface area contributed by atoms with Crippen LogP contribution in [0.25, 0.3) is 0 Å². The molecule has 0 bridgehead atoms. The number of carbonyl (C=O) groups is 1. The van der Waals surface area contributed by atoms with Crippen LogP contribution < -0.4 is 0 Å². The maximum absolute atomic E-state index is 12.2. The highest BCUT2D eigenvalue weighted by molar-refractivity contribution is 5.75. The summed E-state index contributed by atoms with van der Waals surface area (Å²) in [4.78, 5) is 18.5. The molecule has 0 saturated carbocycles. The van der Waals surface area contributed by atoms with E-state index in [4.69, 9.17) is 0 Å². The summed E-state index contributed by atoms with van der Waals surface area (Å²) >= 11 is 0. The van der Waals surface area contributed by atoms with Crippen LogP contribution in [0.1, 0.15) is 29.5 Å². The van der Waals surface area contributed by atoms with Gasteiger partial charge in [-0.05, 0) is 61.6 Å². The maximum Gasteiger partial charge on any atom is 0.311 e. The number of hydrogen-bond acceptors (Lipinski definition) is 3. The molecule has 126 valence electrons. The molecule has 2 aromatic rings. The zero-order chi connectivity index (χ0) is 17.0. The Morgan fingerprint density at radius 3 is 2.71 bits per heavy atom. The number of aryl methyl sites for hydroxylation is 1. The third-order valence-corrected chi connectivity index (χ3v) is 5.06. The van der Waals surface area contributed by atoms with Crippen LogP contribution in [-0.4, -0.2) is 34.0 Å². The van der Waals surface area contributed by atoms with Gasteiger partial charge in [0.25, 0.3) is 0 Å². The van der Waals surface area contributed by atoms with Crippen LogP contribution in [0.2, 0.25) is 0 Å². The predicted octanol–water partition coefficient (Wildman–Crippen LogP) is 3.30. The molecule has 1 saturated heterocycles. The van der Waals surface area contributed by atoms with E-state index in [0.29, 0.717) is 13.0 Å². The molecule has 0 amide bonds. The number of aliphatic carboxylic acids is 1. The van der Waals surface area contributed by atoms with Crippen LogP contribution >= 0.6 is 0 Å². The van der Waals surface area contributed by atoms with Crippen molar-refractivity contribution in [2.75, 3.05) is 13.1 Å². The topological polar surface area (TPSA) is 53.4 Å². The molecule has 1 aromatic carbocycles. The minimum absolute atomic E-state index is 0.596. The van der Waals surface area contributed by atoms with E-state index >= 15 is 0 Å². The minimum Gasteiger partial charge on any atom is -0.481 e. The van der Waals surface area contributed by atoms with Gasteiger partial charge >= 0.3 is 5.97 Å². The number of rotatable bonds is 5. The van der Waals surface area contributed by atoms with Crippen LogP contribution in [0.5, 0.6) is 0 Å². The highest BCUT2D eigenvalue weighted by Crippen LogP contribution is 2.35. The molecular formula is C20H24N2O2. The number of nitrogens with zero attached hydrogens (tertiary/aromatic N) is 2. The maximum atomic E-state index is 12.2. The molecule has 1 atom stereocenters. The summed E-state index contributed by atoms with van der Waals surface area (Å²) in [5.41, 5.74) is 2.80. The summed E-state index contributed by atoms with van der Waals surface area (Å²) in [6.45, 7) is 4.39. The minimum atomic E-state index is -0.697. The van der Waals surface area contributed by atoms with Gasteiger partial charge in [-0.25, -0.2) is 0 Å². The molecule has 0 spiro atoms. The van der Waals surface area contributed by atoms with Gasteiger partial charge < -0.3 is 5.11 Å². The van der Waals surface area contributed by atoms with E-state index < -0.39 is 11.4 Å². The molecular weight excluding hydrogens is 300 g/mol. The van der Waals surface area contributed by atoms with Gasteiger partial charge in [0.15, 0.2) is 0 Å². The van der Waals surface area contributed by atoms with Crippen molar-refractivity contribution in [3.05, 3.63) is 65.5 Å². The number of hydrogen-bond donors (Lipinski definition) is 1. The quantitative estimate of drug-likeness (QED) is 0.917. The van der Waals surface area contributed by atoms with Gasteiger partial charge in [0.05, 0.1) is 5.41 Å². The summed E-state index contributed by atoms with van der Waals surface area (Å²) in [6.07, 6.45) is 5.84. The van der Waals surface area contributed by atoms with Crippen LogP contribution in [0.15, 0.2) is 48.8 Å². The molecule has 1 N–H and O–H groups in total. The SMILES string of the molecule is Cc1ccccc1C[C@@]1(C(=O)O)CCCN(Cc2ccncc2)C1. The molecule has 0 radical (unpaired) electrons. The van der Waals surface area contributed by atoms with Gasteiger partial charge in [-0.3, -0.25) is 14.7 Å². The first-order chi connectivity index (χ1) is 11.6. The molecule has 1 aliphatic rings. The van der Waals surface area contributed by atoms with Crippen LogP contribution in [-0.2, 0) is 17.8 Å². The average Bonchev–Trinajstić information content (AvgIpc) is 2.58. The third kappa shape index (κ3) is 3.65. The molecule has 0 aliphatic carbocycles. The number of pyridine rings is 1. The second kappa shape index (κ2) is 7.14. The van der Waals surface area contributed by atoms with Crippen molar-refractivity contribution in [2.24, 2.45) is 5.41 Å². The number of piperidine rings is 1. The van der Waals surface area contributed by atoms with Crippen LogP contribution in [0.3, 0.4) is 0 Å². The van der Waals surface area contributed by atoms with E-state index in [1.165, 1.54) is 11.1 Å². The molecule has 4 nitrogen and oxygen atoms in total. The summed E-state index contributed by atoms with van der Waals surface area (Å²) in [6, 6.07) is 12.1. The number of carboxylic acids is 1. The lowest BCUT2D eigenvalue weighted by molar-refractivity contribution is -0.152.